The highest BCUT2D eigenvalue weighted by Crippen LogP contribution is 1.98. The Balaban J connectivity index is 3.60. The van der Waals surface area contributed by atoms with Crippen molar-refractivity contribution in [3.05, 3.63) is 16.5 Å². The maximum Gasteiger partial charge on any atom is 0.0758 e. The molecule has 0 aromatic heterocycles. The summed E-state index contributed by atoms with van der Waals surface area (Å²) < 4.78 is 0.532. The van der Waals surface area contributed by atoms with Gasteiger partial charge in [0.2, 0.25) is 0 Å². The highest BCUT2D eigenvalue weighted by atomic mass is 32.2. The molecule has 0 aliphatic rings. The SMILES string of the molecule is C=C=C(S)S. The Morgan fingerprint density at radius 1 is 1.60 bits per heavy atom. The molecule has 5 heavy (non-hydrogen) atoms. The summed E-state index contributed by atoms with van der Waals surface area (Å²) in [5.41, 5.74) is 2.42. The van der Waals surface area contributed by atoms with Crippen LogP contribution in [0.3, 0.4) is 0 Å². The van der Waals surface area contributed by atoms with Gasteiger partial charge in [0.05, 0.1) is 4.24 Å². The second-order valence-corrected chi connectivity index (χ2v) is 1.75. The fourth-order valence-corrected chi connectivity index (χ4v) is 0. The fraction of sp³-hybridized carbons (Fsp3) is 0. The summed E-state index contributed by atoms with van der Waals surface area (Å²) in [4.78, 5) is 0. The molecule has 0 heterocycles. The average Bonchev–Trinajstić information content (AvgIpc) is 1.38. The highest BCUT2D eigenvalue weighted by molar-refractivity contribution is 8.04. The van der Waals surface area contributed by atoms with E-state index in [1.807, 2.05) is 0 Å². The third-order valence-corrected chi connectivity index (χ3v) is 0.474. The van der Waals surface area contributed by atoms with Gasteiger partial charge in [-0.1, -0.05) is 6.58 Å². The van der Waals surface area contributed by atoms with E-state index in [9.17, 15) is 0 Å². The second kappa shape index (κ2) is 2.46. The van der Waals surface area contributed by atoms with Gasteiger partial charge in [0.15, 0.2) is 0 Å². The van der Waals surface area contributed by atoms with E-state index in [0.717, 1.165) is 0 Å². The van der Waals surface area contributed by atoms with Crippen molar-refractivity contribution in [2.45, 2.75) is 0 Å². The monoisotopic (exact) mass is 104 g/mol. The lowest BCUT2D eigenvalue weighted by molar-refractivity contribution is 2.39. The molecule has 0 N–H and O–H groups in total. The summed E-state index contributed by atoms with van der Waals surface area (Å²) in [6.45, 7) is 3.25. The van der Waals surface area contributed by atoms with E-state index < -0.39 is 0 Å². The van der Waals surface area contributed by atoms with Gasteiger partial charge in [-0.3, -0.25) is 0 Å². The van der Waals surface area contributed by atoms with E-state index in [1.54, 1.807) is 0 Å². The van der Waals surface area contributed by atoms with Crippen LogP contribution < -0.4 is 0 Å². The van der Waals surface area contributed by atoms with Gasteiger partial charge in [0.1, 0.15) is 0 Å². The van der Waals surface area contributed by atoms with Crippen molar-refractivity contribution in [2.75, 3.05) is 0 Å². The van der Waals surface area contributed by atoms with Gasteiger partial charge in [-0.15, -0.1) is 31.0 Å². The van der Waals surface area contributed by atoms with E-state index in [-0.39, 0.29) is 0 Å². The van der Waals surface area contributed by atoms with Crippen LogP contribution in [0.1, 0.15) is 0 Å². The van der Waals surface area contributed by atoms with Crippen molar-refractivity contribution in [3.63, 3.8) is 0 Å². The molecule has 2 heteroatoms. The third kappa shape index (κ3) is 4.22. The molecule has 0 amide bonds. The molecule has 0 spiro atoms. The first-order valence-corrected chi connectivity index (χ1v) is 1.95. The van der Waals surface area contributed by atoms with Crippen LogP contribution in [0.5, 0.6) is 0 Å². The molecule has 0 atom stereocenters. The van der Waals surface area contributed by atoms with Gasteiger partial charge in [0, 0.05) is 0 Å². The van der Waals surface area contributed by atoms with Crippen LogP contribution in [0.4, 0.5) is 0 Å². The fourth-order valence-electron chi connectivity index (χ4n) is 0. The first-order valence-electron chi connectivity index (χ1n) is 1.05. The van der Waals surface area contributed by atoms with Crippen LogP contribution in [0.2, 0.25) is 0 Å². The van der Waals surface area contributed by atoms with E-state index >= 15 is 0 Å². The quantitative estimate of drug-likeness (QED) is 0.337. The van der Waals surface area contributed by atoms with Gasteiger partial charge >= 0.3 is 0 Å². The lowest BCUT2D eigenvalue weighted by atomic mass is 11.0. The largest absolute Gasteiger partial charge is 0.129 e. The molecule has 0 rings (SSSR count). The van der Waals surface area contributed by atoms with Gasteiger partial charge in [-0.2, -0.15) is 0 Å². The molecule has 0 aromatic carbocycles. The Bertz CT molecular complexity index is 65.0. The van der Waals surface area contributed by atoms with E-state index in [0.29, 0.717) is 4.24 Å². The first kappa shape index (κ1) is 5.22. The Hall–Kier alpha value is 0.220. The Morgan fingerprint density at radius 2 is 1.80 bits per heavy atom. The van der Waals surface area contributed by atoms with Gasteiger partial charge in [0.25, 0.3) is 0 Å². The number of hydrogen-bond donors (Lipinski definition) is 2. The van der Waals surface area contributed by atoms with Crippen LogP contribution >= 0.6 is 25.3 Å². The third-order valence-electron chi connectivity index (χ3n) is 0.158. The summed E-state index contributed by atoms with van der Waals surface area (Å²) in [6, 6.07) is 0. The molecular formula is C3H4S2. The van der Waals surface area contributed by atoms with Crippen molar-refractivity contribution in [3.8, 4) is 0 Å². The van der Waals surface area contributed by atoms with Crippen molar-refractivity contribution in [1.82, 2.24) is 0 Å². The van der Waals surface area contributed by atoms with Gasteiger partial charge in [-0.05, 0) is 0 Å². The van der Waals surface area contributed by atoms with Crippen LogP contribution in [-0.2, 0) is 0 Å². The average molecular weight is 104 g/mol. The maximum atomic E-state index is 3.71. The molecule has 0 aliphatic heterocycles. The Labute approximate surface area is 42.4 Å². The standard InChI is InChI=1S/C3H4S2/c1-2-3(4)5/h4-5H,1H2. The molecule has 0 bridgehead atoms. The van der Waals surface area contributed by atoms with Crippen LogP contribution in [0.25, 0.3) is 0 Å². The van der Waals surface area contributed by atoms with Crippen LogP contribution in [0.15, 0.2) is 16.5 Å². The molecule has 0 aliphatic carbocycles. The molecule has 0 aromatic rings. The van der Waals surface area contributed by atoms with Crippen molar-refractivity contribution in [1.29, 1.82) is 0 Å². The minimum Gasteiger partial charge on any atom is -0.129 e. The number of hydrogen-bond acceptors (Lipinski definition) is 2. The van der Waals surface area contributed by atoms with E-state index in [1.165, 1.54) is 0 Å². The minimum atomic E-state index is 0.532. The zero-order chi connectivity index (χ0) is 4.28. The zero-order valence-electron chi connectivity index (χ0n) is 2.60. The van der Waals surface area contributed by atoms with Crippen molar-refractivity contribution >= 4 is 25.3 Å². The summed E-state index contributed by atoms with van der Waals surface area (Å²) >= 11 is 7.41. The smallest absolute Gasteiger partial charge is 0.0758 e. The topological polar surface area (TPSA) is 0 Å². The van der Waals surface area contributed by atoms with E-state index in [2.05, 4.69) is 37.6 Å². The normalized spacial score (nSPS) is 6.00. The lowest BCUT2D eigenvalue weighted by Gasteiger charge is -1.65. The van der Waals surface area contributed by atoms with E-state index in [4.69, 9.17) is 0 Å². The Morgan fingerprint density at radius 3 is 1.80 bits per heavy atom. The highest BCUT2D eigenvalue weighted by Gasteiger charge is 1.60. The predicted molar refractivity (Wildman–Crippen MR) is 30.6 cm³/mol. The molecule has 0 nitrogen and oxygen atoms in total. The molecular weight excluding hydrogens is 100 g/mol. The predicted octanol–water partition coefficient (Wildman–Crippen LogP) is 1.47. The maximum absolute atomic E-state index is 3.71. The summed E-state index contributed by atoms with van der Waals surface area (Å²) in [5.74, 6) is 0. The van der Waals surface area contributed by atoms with Gasteiger partial charge < -0.3 is 0 Å². The first-order chi connectivity index (χ1) is 2.27. The van der Waals surface area contributed by atoms with Crippen LogP contribution in [-0.4, -0.2) is 0 Å². The van der Waals surface area contributed by atoms with Crippen molar-refractivity contribution in [2.24, 2.45) is 0 Å². The number of rotatable bonds is 0. The summed E-state index contributed by atoms with van der Waals surface area (Å²) in [6.07, 6.45) is 0. The molecule has 0 fully saturated rings. The summed E-state index contributed by atoms with van der Waals surface area (Å²) in [5, 5.41) is 0. The van der Waals surface area contributed by atoms with Crippen LogP contribution in [0, 0.1) is 0 Å². The van der Waals surface area contributed by atoms with Crippen molar-refractivity contribution < 1.29 is 0 Å². The molecule has 0 saturated carbocycles. The Kier molecular flexibility index (Phi) is 2.57. The molecule has 28 valence electrons. The summed E-state index contributed by atoms with van der Waals surface area (Å²) in [7, 11) is 0. The molecule has 0 saturated heterocycles. The van der Waals surface area contributed by atoms with Gasteiger partial charge in [-0.25, -0.2) is 0 Å². The second-order valence-electron chi connectivity index (χ2n) is 0.500. The zero-order valence-corrected chi connectivity index (χ0v) is 4.39. The lowest BCUT2D eigenvalue weighted by Crippen LogP contribution is -1.31. The molecule has 0 unspecified atom stereocenters. The molecule has 0 radical (unpaired) electrons. The minimum absolute atomic E-state index is 0.532. The number of thiol groups is 2.